The molecule has 4 fully saturated rings. The van der Waals surface area contributed by atoms with E-state index in [1.807, 2.05) is 0 Å². The number of nitrogens with two attached hydrogens (primary N) is 1. The van der Waals surface area contributed by atoms with Gasteiger partial charge in [-0.05, 0) is 57.8 Å². The highest BCUT2D eigenvalue weighted by Crippen LogP contribution is 2.61. The van der Waals surface area contributed by atoms with Crippen molar-refractivity contribution in [1.82, 2.24) is 29.5 Å². The van der Waals surface area contributed by atoms with Gasteiger partial charge in [-0.25, -0.2) is 17.6 Å². The minimum atomic E-state index is -2.94. The number of alkyl halides is 2. The van der Waals surface area contributed by atoms with E-state index in [-0.39, 0.29) is 75.8 Å². The normalized spacial score (nSPS) is 26.3. The Kier molecular flexibility index (Phi) is 8.27. The lowest BCUT2D eigenvalue weighted by Crippen LogP contribution is -2.59. The van der Waals surface area contributed by atoms with Gasteiger partial charge in [-0.3, -0.25) is 9.58 Å². The van der Waals surface area contributed by atoms with Crippen molar-refractivity contribution < 1.29 is 27.0 Å². The second-order valence-corrected chi connectivity index (χ2v) is 17.0. The van der Waals surface area contributed by atoms with Crippen LogP contribution < -0.4 is 15.4 Å². The van der Waals surface area contributed by atoms with E-state index in [1.165, 1.54) is 16.8 Å². The molecule has 0 amide bonds. The van der Waals surface area contributed by atoms with Crippen molar-refractivity contribution in [2.45, 2.75) is 56.2 Å². The van der Waals surface area contributed by atoms with Crippen molar-refractivity contribution >= 4 is 54.0 Å². The van der Waals surface area contributed by atoms with Crippen LogP contribution in [0.2, 0.25) is 0 Å². The monoisotopic (exact) mass is 763 g/mol. The predicted molar refractivity (Wildman–Crippen MR) is 199 cm³/mol. The number of nitrogens with zero attached hydrogens (tertiary/aromatic N) is 8. The number of hydrogen-bond donors (Lipinski definition) is 1. The van der Waals surface area contributed by atoms with Crippen molar-refractivity contribution in [3.05, 3.63) is 35.5 Å². The second kappa shape index (κ2) is 12.6. The number of methoxy groups -OCH3 is 1. The molecule has 0 spiro atoms. The maximum absolute atomic E-state index is 17.6. The van der Waals surface area contributed by atoms with Gasteiger partial charge in [0.1, 0.15) is 40.3 Å². The number of rotatable bonds is 10. The second-order valence-electron chi connectivity index (χ2n) is 15.9. The maximum atomic E-state index is 17.6. The summed E-state index contributed by atoms with van der Waals surface area (Å²) < 4.78 is 77.0. The predicted octanol–water partition coefficient (Wildman–Crippen LogP) is 6.17. The first-order valence-electron chi connectivity index (χ1n) is 18.3. The minimum Gasteiger partial charge on any atom is -0.463 e. The molecule has 2 aliphatic heterocycles. The van der Waals surface area contributed by atoms with Crippen LogP contribution in [0.15, 0.2) is 18.3 Å². The Morgan fingerprint density at radius 1 is 1.06 bits per heavy atom. The van der Waals surface area contributed by atoms with Crippen molar-refractivity contribution in [3.8, 4) is 23.2 Å². The summed E-state index contributed by atoms with van der Waals surface area (Å²) in [5.74, 6) is -3.58. The van der Waals surface area contributed by atoms with E-state index in [0.29, 0.717) is 33.2 Å². The van der Waals surface area contributed by atoms with Gasteiger partial charge in [0.25, 0.3) is 5.92 Å². The molecule has 2 saturated heterocycles. The molecule has 54 heavy (non-hydrogen) atoms. The van der Waals surface area contributed by atoms with Gasteiger partial charge >= 0.3 is 6.01 Å². The number of anilines is 2. The molecule has 0 radical (unpaired) electrons. The Morgan fingerprint density at radius 3 is 2.43 bits per heavy atom. The number of nitrogen functional groups attached to an aromatic ring is 1. The number of hydrogen-bond acceptors (Lipinski definition) is 11. The van der Waals surface area contributed by atoms with Crippen LogP contribution in [0.3, 0.4) is 0 Å². The summed E-state index contributed by atoms with van der Waals surface area (Å²) in [7, 11) is 6.89. The van der Waals surface area contributed by atoms with Crippen LogP contribution in [0.25, 0.3) is 43.0 Å². The van der Waals surface area contributed by atoms with Crippen LogP contribution in [0.1, 0.15) is 37.7 Å². The van der Waals surface area contributed by atoms with Crippen LogP contribution >= 0.6 is 11.3 Å². The Labute approximate surface area is 313 Å². The summed E-state index contributed by atoms with van der Waals surface area (Å²) in [5.41, 5.74) is 4.52. The minimum absolute atomic E-state index is 0.0477. The molecule has 284 valence electrons. The third-order valence-electron chi connectivity index (χ3n) is 12.0. The molecule has 11 nitrogen and oxygen atoms in total. The molecule has 2 N–H and O–H groups in total. The largest absolute Gasteiger partial charge is 0.463 e. The third kappa shape index (κ3) is 5.41. The number of piperazine rings is 1. The Morgan fingerprint density at radius 2 is 1.78 bits per heavy atom. The van der Waals surface area contributed by atoms with Crippen molar-refractivity contribution in [3.63, 3.8) is 0 Å². The van der Waals surface area contributed by atoms with Crippen LogP contribution in [0.5, 0.6) is 6.01 Å². The van der Waals surface area contributed by atoms with Crippen LogP contribution in [-0.4, -0.2) is 108 Å². The zero-order valence-electron chi connectivity index (χ0n) is 30.5. The van der Waals surface area contributed by atoms with Gasteiger partial charge in [0.05, 0.1) is 21.9 Å². The van der Waals surface area contributed by atoms with E-state index in [1.54, 1.807) is 39.3 Å². The summed E-state index contributed by atoms with van der Waals surface area (Å²) in [4.78, 5) is 16.0. The number of nitriles is 1. The molecule has 2 unspecified atom stereocenters. The van der Waals surface area contributed by atoms with Gasteiger partial charge in [-0.2, -0.15) is 20.3 Å². The molecule has 9 rings (SSSR count). The number of thiophene rings is 1. The Balaban J connectivity index is 1.23. The average Bonchev–Trinajstić information content (AvgIpc) is 3.39. The van der Waals surface area contributed by atoms with E-state index < -0.39 is 23.0 Å². The fraction of sp³-hybridized carbons (Fsp3) is 0.526. The Bertz CT molecular complexity index is 2360. The molecular weight excluding hydrogens is 723 g/mol. The number of halogens is 4. The molecule has 4 aliphatic rings. The van der Waals surface area contributed by atoms with E-state index in [2.05, 4.69) is 26.0 Å². The number of aromatic nitrogens is 4. The van der Waals surface area contributed by atoms with Gasteiger partial charge in [0.15, 0.2) is 5.82 Å². The van der Waals surface area contributed by atoms with Gasteiger partial charge in [-0.1, -0.05) is 0 Å². The average molecular weight is 764 g/mol. The lowest BCUT2D eigenvalue weighted by atomic mass is 9.79. The van der Waals surface area contributed by atoms with E-state index >= 15 is 8.78 Å². The zero-order chi connectivity index (χ0) is 37.8. The van der Waals surface area contributed by atoms with E-state index in [9.17, 15) is 14.0 Å². The summed E-state index contributed by atoms with van der Waals surface area (Å²) in [5, 5.41) is 16.0. The molecule has 2 bridgehead atoms. The van der Waals surface area contributed by atoms with Gasteiger partial charge in [-0.15, -0.1) is 11.3 Å². The molecule has 2 aliphatic carbocycles. The maximum Gasteiger partial charge on any atom is 0.319 e. The quantitative estimate of drug-likeness (QED) is 0.165. The van der Waals surface area contributed by atoms with Crippen molar-refractivity contribution in [2.24, 2.45) is 18.4 Å². The number of fused-ring (bicyclic) bond motifs is 6. The van der Waals surface area contributed by atoms with Crippen LogP contribution in [0, 0.1) is 34.3 Å². The fourth-order valence-corrected chi connectivity index (χ4v) is 10.4. The first-order chi connectivity index (χ1) is 25.8. The molecular formula is C38H41F4N9O2S. The van der Waals surface area contributed by atoms with Gasteiger partial charge < -0.3 is 25.0 Å². The fourth-order valence-electron chi connectivity index (χ4n) is 9.45. The summed E-state index contributed by atoms with van der Waals surface area (Å²) in [6.07, 6.45) is 5.35. The number of likely N-dealkylation sites (tertiary alicyclic amines) is 1. The first-order valence-corrected chi connectivity index (χ1v) is 19.1. The summed E-state index contributed by atoms with van der Waals surface area (Å²) >= 11 is 1.11. The van der Waals surface area contributed by atoms with Crippen molar-refractivity contribution in [1.29, 1.82) is 5.26 Å². The van der Waals surface area contributed by atoms with Gasteiger partial charge in [0.2, 0.25) is 0 Å². The highest BCUT2D eigenvalue weighted by atomic mass is 32.1. The number of ether oxygens (including phenoxy) is 2. The molecule has 2 aromatic carbocycles. The highest BCUT2D eigenvalue weighted by molar-refractivity contribution is 7.23. The third-order valence-corrected chi connectivity index (χ3v) is 13.0. The summed E-state index contributed by atoms with van der Waals surface area (Å²) in [6, 6.07) is 5.16. The molecule has 5 heterocycles. The SMILES string of the molecule is COCC1CC(N2CC3CCC(C2)N3c2nc(OC[C@]3(CN(C)C)CC3(F)F)nc3c(F)c(-c4c(F)ccc5sc(N)c(C#N)c45)c4nn(C)cc4c23)C1. The molecule has 5 aromatic rings. The molecule has 3 atom stereocenters. The number of benzene rings is 2. The standard InChI is InChI=1S/C38H41F4N9O2S/c1-48(2)17-37(16-38(37,41)42)18-53-36-45-33-28(35(46-36)51-20-5-6-21(51)13-50(12-20)22-9-19(10-22)15-52-4)24-14-49(3)47-32(24)30(31(33)40)29-25(39)7-8-26-27(29)23(11-43)34(44)54-26/h7-8,14,19-22H,5-6,9-10,12-13,15-18,44H2,1-4H3/t19?,20?,21?,22?,37-/m1/s1. The Hall–Kier alpha value is -4.30. The van der Waals surface area contributed by atoms with Crippen molar-refractivity contribution in [2.75, 3.05) is 64.7 Å². The lowest BCUT2D eigenvalue weighted by Gasteiger charge is -2.49. The van der Waals surface area contributed by atoms with E-state index in [4.69, 9.17) is 20.2 Å². The van der Waals surface area contributed by atoms with Crippen LogP contribution in [-0.2, 0) is 11.8 Å². The molecule has 16 heteroatoms. The topological polar surface area (TPSA) is 122 Å². The lowest BCUT2D eigenvalue weighted by molar-refractivity contribution is 0.0198. The zero-order valence-corrected chi connectivity index (χ0v) is 31.3. The smallest absolute Gasteiger partial charge is 0.319 e. The highest BCUT2D eigenvalue weighted by Gasteiger charge is 2.71. The first kappa shape index (κ1) is 35.4. The van der Waals surface area contributed by atoms with Gasteiger partial charge in [0, 0.05) is 92.2 Å². The van der Waals surface area contributed by atoms with Crippen LogP contribution in [0.4, 0.5) is 28.4 Å². The molecule has 3 aromatic heterocycles. The van der Waals surface area contributed by atoms with E-state index in [0.717, 1.165) is 56.7 Å². The summed E-state index contributed by atoms with van der Waals surface area (Å²) in [6.45, 7) is 2.06. The number of aryl methyl sites for hydroxylation is 1. The molecule has 2 saturated carbocycles.